The lowest BCUT2D eigenvalue weighted by Crippen LogP contribution is -2.10. The lowest BCUT2D eigenvalue weighted by atomic mass is 9.82. The molecule has 1 aromatic rings. The summed E-state index contributed by atoms with van der Waals surface area (Å²) < 4.78 is 32.8. The average Bonchev–Trinajstić information content (AvgIpc) is 2.58. The van der Waals surface area contributed by atoms with Crippen molar-refractivity contribution in [2.24, 2.45) is 11.8 Å². The minimum Gasteiger partial charge on any atom is -0.491 e. The molecule has 1 saturated carbocycles. The van der Waals surface area contributed by atoms with Crippen molar-refractivity contribution < 1.29 is 13.5 Å². The van der Waals surface area contributed by atoms with Crippen molar-refractivity contribution in [3.05, 3.63) is 54.1 Å². The van der Waals surface area contributed by atoms with E-state index in [0.29, 0.717) is 30.4 Å². The molecule has 0 aromatic heterocycles. The molecular formula is C20H26F2O. The molecule has 1 aromatic carbocycles. The van der Waals surface area contributed by atoms with E-state index in [0.717, 1.165) is 6.42 Å². The molecule has 1 fully saturated rings. The van der Waals surface area contributed by atoms with E-state index < -0.39 is 11.6 Å². The molecule has 2 rings (SSSR count). The van der Waals surface area contributed by atoms with Gasteiger partial charge in [-0.3, -0.25) is 0 Å². The first kappa shape index (κ1) is 17.7. The molecule has 1 aliphatic carbocycles. The normalized spacial score (nSPS) is 21.5. The van der Waals surface area contributed by atoms with Crippen LogP contribution in [0.1, 0.15) is 44.6 Å². The van der Waals surface area contributed by atoms with Crippen LogP contribution in [0.15, 0.2) is 36.9 Å². The summed E-state index contributed by atoms with van der Waals surface area (Å²) in [6.45, 7) is 5.93. The highest BCUT2D eigenvalue weighted by Crippen LogP contribution is 2.30. The Balaban J connectivity index is 1.83. The van der Waals surface area contributed by atoms with E-state index in [9.17, 15) is 8.78 Å². The highest BCUT2D eigenvalue weighted by Gasteiger charge is 2.17. The van der Waals surface area contributed by atoms with E-state index in [1.54, 1.807) is 13.0 Å². The summed E-state index contributed by atoms with van der Waals surface area (Å²) in [5.41, 5.74) is 0.408. The standard InChI is InChI=1S/C20H26F2O/c1-3-15-9-11-16(12-10-15)7-5-6-8-17-13-14-18(23-4-2)20(22)19(17)21/h3,5,7,13-16H,1,4,6,8-12H2,2H3/b7-5+. The van der Waals surface area contributed by atoms with Gasteiger partial charge >= 0.3 is 0 Å². The Labute approximate surface area is 138 Å². The second kappa shape index (κ2) is 8.85. The van der Waals surface area contributed by atoms with Gasteiger partial charge in [-0.15, -0.1) is 6.58 Å². The first-order valence-electron chi connectivity index (χ1n) is 8.54. The van der Waals surface area contributed by atoms with Crippen molar-refractivity contribution >= 4 is 0 Å². The van der Waals surface area contributed by atoms with E-state index in [-0.39, 0.29) is 5.75 Å². The third-order valence-electron chi connectivity index (χ3n) is 4.57. The second-order valence-corrected chi connectivity index (χ2v) is 6.16. The molecule has 0 spiro atoms. The summed E-state index contributed by atoms with van der Waals surface area (Å²) in [5, 5.41) is 0. The van der Waals surface area contributed by atoms with Gasteiger partial charge < -0.3 is 4.74 Å². The van der Waals surface area contributed by atoms with Crippen LogP contribution in [0.3, 0.4) is 0 Å². The molecule has 0 amide bonds. The number of halogens is 2. The number of aryl methyl sites for hydroxylation is 1. The fourth-order valence-electron chi connectivity index (χ4n) is 3.13. The van der Waals surface area contributed by atoms with Gasteiger partial charge in [0, 0.05) is 0 Å². The molecule has 0 radical (unpaired) electrons. The maximum Gasteiger partial charge on any atom is 0.200 e. The number of hydrogen-bond donors (Lipinski definition) is 0. The maximum atomic E-state index is 14.0. The fourth-order valence-corrected chi connectivity index (χ4v) is 3.13. The van der Waals surface area contributed by atoms with Crippen LogP contribution in [0.4, 0.5) is 8.78 Å². The highest BCUT2D eigenvalue weighted by molar-refractivity contribution is 5.31. The van der Waals surface area contributed by atoms with Gasteiger partial charge in [0.2, 0.25) is 5.82 Å². The van der Waals surface area contributed by atoms with Gasteiger partial charge in [0.15, 0.2) is 11.6 Å². The highest BCUT2D eigenvalue weighted by atomic mass is 19.2. The fraction of sp³-hybridized carbons (Fsp3) is 0.500. The van der Waals surface area contributed by atoms with Gasteiger partial charge in [0.05, 0.1) is 6.61 Å². The van der Waals surface area contributed by atoms with Crippen molar-refractivity contribution in [2.75, 3.05) is 6.61 Å². The predicted molar refractivity (Wildman–Crippen MR) is 90.6 cm³/mol. The Morgan fingerprint density at radius 2 is 1.83 bits per heavy atom. The summed E-state index contributed by atoms with van der Waals surface area (Å²) in [6, 6.07) is 3.13. The SMILES string of the molecule is C=CC1CCC(/C=C/CCc2ccc(OCC)c(F)c2F)CC1. The monoisotopic (exact) mass is 320 g/mol. The van der Waals surface area contributed by atoms with E-state index in [1.165, 1.54) is 31.7 Å². The van der Waals surface area contributed by atoms with Gasteiger partial charge in [0.1, 0.15) is 0 Å². The Morgan fingerprint density at radius 1 is 1.13 bits per heavy atom. The Morgan fingerprint density at radius 3 is 2.48 bits per heavy atom. The number of rotatable bonds is 7. The molecule has 3 heteroatoms. The Hall–Kier alpha value is -1.64. The Bertz CT molecular complexity index is 543. The third-order valence-corrected chi connectivity index (χ3v) is 4.57. The number of ether oxygens (including phenoxy) is 1. The largest absolute Gasteiger partial charge is 0.491 e. The lowest BCUT2D eigenvalue weighted by molar-refractivity contribution is 0.313. The molecule has 0 atom stereocenters. The molecule has 126 valence electrons. The van der Waals surface area contributed by atoms with Gasteiger partial charge in [-0.2, -0.15) is 4.39 Å². The predicted octanol–water partition coefficient (Wildman–Crippen LogP) is 5.84. The second-order valence-electron chi connectivity index (χ2n) is 6.16. The maximum absolute atomic E-state index is 14.0. The zero-order valence-corrected chi connectivity index (χ0v) is 13.9. The van der Waals surface area contributed by atoms with E-state index in [2.05, 4.69) is 24.8 Å². The van der Waals surface area contributed by atoms with E-state index in [1.807, 2.05) is 0 Å². The summed E-state index contributed by atoms with van der Waals surface area (Å²) in [5.74, 6) is -0.385. The molecule has 0 aliphatic heterocycles. The number of hydrogen-bond acceptors (Lipinski definition) is 1. The van der Waals surface area contributed by atoms with E-state index in [4.69, 9.17) is 4.74 Å². The van der Waals surface area contributed by atoms with Gasteiger partial charge in [-0.25, -0.2) is 4.39 Å². The van der Waals surface area contributed by atoms with Crippen LogP contribution in [0.5, 0.6) is 5.75 Å². The van der Waals surface area contributed by atoms with Crippen LogP contribution >= 0.6 is 0 Å². The topological polar surface area (TPSA) is 9.23 Å². The lowest BCUT2D eigenvalue weighted by Gasteiger charge is -2.24. The first-order chi connectivity index (χ1) is 11.2. The van der Waals surface area contributed by atoms with Crippen molar-refractivity contribution in [2.45, 2.75) is 45.4 Å². The van der Waals surface area contributed by atoms with Crippen molar-refractivity contribution in [3.8, 4) is 5.75 Å². The third kappa shape index (κ3) is 4.92. The molecule has 23 heavy (non-hydrogen) atoms. The van der Waals surface area contributed by atoms with Gasteiger partial charge in [0.25, 0.3) is 0 Å². The molecule has 0 N–H and O–H groups in total. The minimum atomic E-state index is -0.879. The molecular weight excluding hydrogens is 294 g/mol. The summed E-state index contributed by atoms with van der Waals surface area (Å²) >= 11 is 0. The summed E-state index contributed by atoms with van der Waals surface area (Å²) in [7, 11) is 0. The van der Waals surface area contributed by atoms with Crippen LogP contribution in [0.25, 0.3) is 0 Å². The van der Waals surface area contributed by atoms with Crippen molar-refractivity contribution in [3.63, 3.8) is 0 Å². The summed E-state index contributed by atoms with van der Waals surface area (Å²) in [6.07, 6.45) is 12.4. The number of benzene rings is 1. The Kier molecular flexibility index (Phi) is 6.82. The molecule has 0 unspecified atom stereocenters. The average molecular weight is 320 g/mol. The van der Waals surface area contributed by atoms with Gasteiger partial charge in [-0.1, -0.05) is 24.3 Å². The molecule has 0 bridgehead atoms. The number of allylic oxidation sites excluding steroid dienone is 3. The smallest absolute Gasteiger partial charge is 0.200 e. The van der Waals surface area contributed by atoms with E-state index >= 15 is 0 Å². The molecule has 1 nitrogen and oxygen atoms in total. The zero-order valence-electron chi connectivity index (χ0n) is 13.9. The van der Waals surface area contributed by atoms with Gasteiger partial charge in [-0.05, 0) is 68.9 Å². The van der Waals surface area contributed by atoms with Crippen LogP contribution < -0.4 is 4.74 Å². The molecule has 0 saturated heterocycles. The van der Waals surface area contributed by atoms with Crippen LogP contribution in [0.2, 0.25) is 0 Å². The van der Waals surface area contributed by atoms with Crippen molar-refractivity contribution in [1.29, 1.82) is 0 Å². The summed E-state index contributed by atoms with van der Waals surface area (Å²) in [4.78, 5) is 0. The van der Waals surface area contributed by atoms with Crippen LogP contribution in [-0.2, 0) is 6.42 Å². The van der Waals surface area contributed by atoms with Crippen molar-refractivity contribution in [1.82, 2.24) is 0 Å². The quantitative estimate of drug-likeness (QED) is 0.573. The first-order valence-corrected chi connectivity index (χ1v) is 8.54. The van der Waals surface area contributed by atoms with Crippen LogP contribution in [-0.4, -0.2) is 6.61 Å². The molecule has 0 heterocycles. The molecule has 1 aliphatic rings. The minimum absolute atomic E-state index is 0.0109. The zero-order chi connectivity index (χ0) is 16.7. The van der Waals surface area contributed by atoms with Crippen LogP contribution in [0, 0.1) is 23.5 Å².